The van der Waals surface area contributed by atoms with E-state index in [1.165, 1.54) is 6.42 Å². The van der Waals surface area contributed by atoms with Crippen LogP contribution in [0, 0.1) is 13.8 Å². The van der Waals surface area contributed by atoms with Gasteiger partial charge in [-0.25, -0.2) is 13.1 Å². The number of aryl methyl sites for hydroxylation is 2. The van der Waals surface area contributed by atoms with Crippen LogP contribution >= 0.6 is 0 Å². The number of rotatable bonds is 4. The van der Waals surface area contributed by atoms with Crippen LogP contribution in [0.2, 0.25) is 0 Å². The summed E-state index contributed by atoms with van der Waals surface area (Å²) in [6.07, 6.45) is 6.48. The Labute approximate surface area is 107 Å². The fourth-order valence-electron chi connectivity index (χ4n) is 2.18. The molecule has 1 aromatic rings. The Morgan fingerprint density at radius 3 is 2.72 bits per heavy atom. The molecule has 1 aromatic heterocycles. The van der Waals surface area contributed by atoms with Gasteiger partial charge in [0.2, 0.25) is 10.0 Å². The third kappa shape index (κ3) is 2.81. The van der Waals surface area contributed by atoms with Crippen molar-refractivity contribution in [2.75, 3.05) is 6.54 Å². The average molecular weight is 270 g/mol. The van der Waals surface area contributed by atoms with Crippen molar-refractivity contribution in [3.63, 3.8) is 0 Å². The molecule has 0 atom stereocenters. The molecule has 1 aliphatic carbocycles. The number of sulfonamides is 1. The van der Waals surface area contributed by atoms with E-state index in [4.69, 9.17) is 4.52 Å². The maximum Gasteiger partial charge on any atom is 0.246 e. The summed E-state index contributed by atoms with van der Waals surface area (Å²) >= 11 is 0. The molecule has 0 radical (unpaired) electrons. The van der Waals surface area contributed by atoms with Gasteiger partial charge in [0.15, 0.2) is 5.76 Å². The molecule has 1 heterocycles. The van der Waals surface area contributed by atoms with E-state index >= 15 is 0 Å². The van der Waals surface area contributed by atoms with Crippen LogP contribution in [-0.4, -0.2) is 20.1 Å². The molecule has 0 bridgehead atoms. The van der Waals surface area contributed by atoms with Crippen molar-refractivity contribution in [2.24, 2.45) is 0 Å². The highest BCUT2D eigenvalue weighted by atomic mass is 32.2. The number of aromatic nitrogens is 1. The number of allylic oxidation sites excluding steroid dienone is 1. The van der Waals surface area contributed by atoms with Crippen LogP contribution in [0.1, 0.15) is 37.1 Å². The lowest BCUT2D eigenvalue weighted by Crippen LogP contribution is -2.27. The number of nitrogens with zero attached hydrogens (tertiary/aromatic N) is 1. The first-order valence-electron chi connectivity index (χ1n) is 6.11. The normalized spacial score (nSPS) is 16.7. The minimum Gasteiger partial charge on any atom is -0.360 e. The van der Waals surface area contributed by atoms with Crippen molar-refractivity contribution >= 4 is 10.0 Å². The van der Waals surface area contributed by atoms with Crippen molar-refractivity contribution in [1.29, 1.82) is 0 Å². The van der Waals surface area contributed by atoms with Crippen molar-refractivity contribution in [3.05, 3.63) is 23.1 Å². The van der Waals surface area contributed by atoms with E-state index in [2.05, 4.69) is 16.0 Å². The first-order chi connectivity index (χ1) is 8.50. The molecule has 0 saturated carbocycles. The van der Waals surface area contributed by atoms with Gasteiger partial charge in [-0.1, -0.05) is 16.8 Å². The quantitative estimate of drug-likeness (QED) is 0.850. The van der Waals surface area contributed by atoms with Crippen LogP contribution in [0.3, 0.4) is 0 Å². The summed E-state index contributed by atoms with van der Waals surface area (Å²) < 4.78 is 31.8. The highest BCUT2D eigenvalue weighted by molar-refractivity contribution is 7.89. The summed E-state index contributed by atoms with van der Waals surface area (Å²) in [5.74, 6) is 0.331. The zero-order chi connectivity index (χ0) is 13.2. The van der Waals surface area contributed by atoms with Crippen molar-refractivity contribution < 1.29 is 12.9 Å². The zero-order valence-corrected chi connectivity index (χ0v) is 11.5. The maximum atomic E-state index is 12.1. The van der Waals surface area contributed by atoms with E-state index in [-0.39, 0.29) is 4.90 Å². The van der Waals surface area contributed by atoms with Gasteiger partial charge >= 0.3 is 0 Å². The maximum absolute atomic E-state index is 12.1. The third-order valence-corrected chi connectivity index (χ3v) is 4.76. The lowest BCUT2D eigenvalue weighted by atomic mass is 10.0. The molecule has 0 spiro atoms. The highest BCUT2D eigenvalue weighted by Gasteiger charge is 2.24. The molecule has 100 valence electrons. The Morgan fingerprint density at radius 2 is 2.17 bits per heavy atom. The summed E-state index contributed by atoms with van der Waals surface area (Å²) in [6, 6.07) is 0. The molecule has 18 heavy (non-hydrogen) atoms. The molecule has 6 heteroatoms. The number of nitrogens with one attached hydrogen (secondary N) is 1. The van der Waals surface area contributed by atoms with Gasteiger partial charge in [-0.2, -0.15) is 0 Å². The molecule has 0 amide bonds. The smallest absolute Gasteiger partial charge is 0.246 e. The van der Waals surface area contributed by atoms with Gasteiger partial charge in [-0.3, -0.25) is 0 Å². The van der Waals surface area contributed by atoms with Gasteiger partial charge < -0.3 is 4.52 Å². The van der Waals surface area contributed by atoms with E-state index in [0.717, 1.165) is 24.8 Å². The largest absolute Gasteiger partial charge is 0.360 e. The Morgan fingerprint density at radius 1 is 1.39 bits per heavy atom. The van der Waals surface area contributed by atoms with E-state index < -0.39 is 10.0 Å². The highest BCUT2D eigenvalue weighted by Crippen LogP contribution is 2.20. The Kier molecular flexibility index (Phi) is 3.87. The monoisotopic (exact) mass is 270 g/mol. The van der Waals surface area contributed by atoms with Gasteiger partial charge in [0.1, 0.15) is 10.6 Å². The lowest BCUT2D eigenvalue weighted by molar-refractivity contribution is 0.390. The summed E-state index contributed by atoms with van der Waals surface area (Å²) in [5, 5.41) is 3.67. The van der Waals surface area contributed by atoms with E-state index in [0.29, 0.717) is 18.0 Å². The van der Waals surface area contributed by atoms with Gasteiger partial charge in [-0.05, 0) is 39.5 Å². The first kappa shape index (κ1) is 13.3. The van der Waals surface area contributed by atoms with Gasteiger partial charge in [0.05, 0.1) is 0 Å². The molecule has 0 aromatic carbocycles. The summed E-state index contributed by atoms with van der Waals surface area (Å²) in [5.41, 5.74) is 1.56. The molecule has 5 nitrogen and oxygen atoms in total. The van der Waals surface area contributed by atoms with E-state index in [9.17, 15) is 8.42 Å². The van der Waals surface area contributed by atoms with Crippen LogP contribution < -0.4 is 4.72 Å². The Balaban J connectivity index is 2.10. The molecular formula is C12H18N2O3S. The van der Waals surface area contributed by atoms with Gasteiger partial charge in [0, 0.05) is 6.54 Å². The Bertz CT molecular complexity index is 538. The van der Waals surface area contributed by atoms with Crippen molar-refractivity contribution in [2.45, 2.75) is 44.4 Å². The standard InChI is InChI=1S/C12H18N2O3S/c1-9-12(10(2)17-14-9)18(15,16)13-8-11-6-4-3-5-7-11/h6,13H,3-5,7-8H2,1-2H3. The first-order valence-corrected chi connectivity index (χ1v) is 7.59. The Hall–Kier alpha value is -1.14. The third-order valence-electron chi connectivity index (χ3n) is 3.11. The molecule has 2 rings (SSSR count). The van der Waals surface area contributed by atoms with Crippen LogP contribution in [-0.2, 0) is 10.0 Å². The van der Waals surface area contributed by atoms with Crippen LogP contribution in [0.4, 0.5) is 0 Å². The van der Waals surface area contributed by atoms with Gasteiger partial charge in [0.25, 0.3) is 0 Å². The minimum absolute atomic E-state index is 0.166. The molecule has 0 aliphatic heterocycles. The number of hydrogen-bond donors (Lipinski definition) is 1. The zero-order valence-electron chi connectivity index (χ0n) is 10.7. The summed E-state index contributed by atoms with van der Waals surface area (Å²) in [6.45, 7) is 3.62. The molecule has 0 unspecified atom stereocenters. The SMILES string of the molecule is Cc1noc(C)c1S(=O)(=O)NCC1=CCCCC1. The van der Waals surface area contributed by atoms with E-state index in [1.807, 2.05) is 0 Å². The number of hydrogen-bond acceptors (Lipinski definition) is 4. The van der Waals surface area contributed by atoms with Crippen molar-refractivity contribution in [1.82, 2.24) is 9.88 Å². The summed E-state index contributed by atoms with van der Waals surface area (Å²) in [4.78, 5) is 0.166. The second-order valence-corrected chi connectivity index (χ2v) is 6.29. The molecule has 0 fully saturated rings. The minimum atomic E-state index is -3.52. The molecule has 0 saturated heterocycles. The van der Waals surface area contributed by atoms with Crippen LogP contribution in [0.5, 0.6) is 0 Å². The molecular weight excluding hydrogens is 252 g/mol. The summed E-state index contributed by atoms with van der Waals surface area (Å²) in [7, 11) is -3.52. The topological polar surface area (TPSA) is 72.2 Å². The second kappa shape index (κ2) is 5.24. The fraction of sp³-hybridized carbons (Fsp3) is 0.583. The lowest BCUT2D eigenvalue weighted by Gasteiger charge is -2.13. The fourth-order valence-corrected chi connectivity index (χ4v) is 3.54. The average Bonchev–Trinajstić information content (AvgIpc) is 2.69. The van der Waals surface area contributed by atoms with Crippen LogP contribution in [0.15, 0.2) is 21.1 Å². The van der Waals surface area contributed by atoms with E-state index in [1.54, 1.807) is 13.8 Å². The predicted octanol–water partition coefficient (Wildman–Crippen LogP) is 2.07. The van der Waals surface area contributed by atoms with Gasteiger partial charge in [-0.15, -0.1) is 0 Å². The van der Waals surface area contributed by atoms with Crippen molar-refractivity contribution in [3.8, 4) is 0 Å². The predicted molar refractivity (Wildman–Crippen MR) is 67.7 cm³/mol. The molecule has 1 N–H and O–H groups in total. The molecule has 1 aliphatic rings. The second-order valence-electron chi connectivity index (χ2n) is 4.59. The van der Waals surface area contributed by atoms with Crippen LogP contribution in [0.25, 0.3) is 0 Å².